The van der Waals surface area contributed by atoms with Gasteiger partial charge in [0.05, 0.1) is 0 Å². The quantitative estimate of drug-likeness (QED) is 0.815. The molecule has 1 N–H and O–H groups in total. The number of piperazine rings is 1. The molecule has 0 radical (unpaired) electrons. The lowest BCUT2D eigenvalue weighted by atomic mass is 9.93. The second-order valence-corrected chi connectivity index (χ2v) is 5.54. The van der Waals surface area contributed by atoms with Crippen molar-refractivity contribution in [2.45, 2.75) is 72.0 Å². The molecule has 2 amide bonds. The Hall–Kier alpha value is -1.06. The fourth-order valence-corrected chi connectivity index (χ4v) is 2.71. The maximum Gasteiger partial charge on any atom is 0.246 e. The molecule has 3 unspecified atom stereocenters. The minimum atomic E-state index is -0.341. The number of nitrogens with one attached hydrogen (secondary N) is 1. The largest absolute Gasteiger partial charge is 0.343 e. The van der Waals surface area contributed by atoms with Gasteiger partial charge in [0.2, 0.25) is 11.8 Å². The minimum Gasteiger partial charge on any atom is -0.343 e. The fraction of sp³-hybridized carbons (Fsp3) is 0.857. The smallest absolute Gasteiger partial charge is 0.246 e. The molecule has 0 spiro atoms. The maximum atomic E-state index is 12.4. The lowest BCUT2D eigenvalue weighted by Gasteiger charge is -2.44. The van der Waals surface area contributed by atoms with Gasteiger partial charge >= 0.3 is 0 Å². The highest BCUT2D eigenvalue weighted by Gasteiger charge is 2.42. The Morgan fingerprint density at radius 3 is 2.28 bits per heavy atom. The highest BCUT2D eigenvalue weighted by molar-refractivity contribution is 5.97. The molecule has 0 aromatic rings. The van der Waals surface area contributed by atoms with Crippen molar-refractivity contribution in [3.63, 3.8) is 0 Å². The number of nitrogens with zero attached hydrogens (tertiary/aromatic N) is 1. The molecular weight excluding hydrogens is 228 g/mol. The molecule has 1 rings (SSSR count). The van der Waals surface area contributed by atoms with Crippen LogP contribution in [-0.4, -0.2) is 34.8 Å². The van der Waals surface area contributed by atoms with E-state index in [-0.39, 0.29) is 35.9 Å². The van der Waals surface area contributed by atoms with E-state index >= 15 is 0 Å². The summed E-state index contributed by atoms with van der Waals surface area (Å²) < 4.78 is 0. The topological polar surface area (TPSA) is 49.4 Å². The Labute approximate surface area is 110 Å². The normalized spacial score (nSPS) is 26.4. The second-order valence-electron chi connectivity index (χ2n) is 5.54. The van der Waals surface area contributed by atoms with Gasteiger partial charge in [-0.2, -0.15) is 0 Å². The van der Waals surface area contributed by atoms with Gasteiger partial charge < -0.3 is 10.2 Å². The molecule has 1 aliphatic heterocycles. The Morgan fingerprint density at radius 1 is 1.22 bits per heavy atom. The summed E-state index contributed by atoms with van der Waals surface area (Å²) in [5, 5.41) is 2.84. The molecule has 0 aliphatic carbocycles. The van der Waals surface area contributed by atoms with E-state index in [1.54, 1.807) is 0 Å². The van der Waals surface area contributed by atoms with Crippen molar-refractivity contribution in [2.24, 2.45) is 5.92 Å². The third-order valence-electron chi connectivity index (χ3n) is 3.66. The van der Waals surface area contributed by atoms with Gasteiger partial charge in [0.1, 0.15) is 12.1 Å². The van der Waals surface area contributed by atoms with Crippen LogP contribution in [0.15, 0.2) is 0 Å². The zero-order chi connectivity index (χ0) is 13.9. The standard InChI is InChI=1S/C14H26N2O2/c1-6-8-10(5)16-12(9(3)4)13(17)15-11(7-2)14(16)18/h9-12H,6-8H2,1-5H3,(H,15,17). The van der Waals surface area contributed by atoms with Gasteiger partial charge in [0.15, 0.2) is 0 Å². The predicted molar refractivity (Wildman–Crippen MR) is 72.1 cm³/mol. The molecule has 1 saturated heterocycles. The summed E-state index contributed by atoms with van der Waals surface area (Å²) in [5.41, 5.74) is 0. The number of hydrogen-bond acceptors (Lipinski definition) is 2. The van der Waals surface area contributed by atoms with E-state index in [4.69, 9.17) is 0 Å². The van der Waals surface area contributed by atoms with Crippen LogP contribution < -0.4 is 5.32 Å². The van der Waals surface area contributed by atoms with Crippen LogP contribution in [0, 0.1) is 5.92 Å². The van der Waals surface area contributed by atoms with Crippen LogP contribution in [0.4, 0.5) is 0 Å². The summed E-state index contributed by atoms with van der Waals surface area (Å²) in [5.74, 6) is 0.224. The Balaban J connectivity index is 3.01. The molecule has 1 fully saturated rings. The van der Waals surface area contributed by atoms with Crippen LogP contribution in [0.5, 0.6) is 0 Å². The predicted octanol–water partition coefficient (Wildman–Crippen LogP) is 1.94. The molecule has 1 aliphatic rings. The molecule has 0 bridgehead atoms. The number of hydrogen-bond donors (Lipinski definition) is 1. The summed E-state index contributed by atoms with van der Waals surface area (Å²) in [6.45, 7) is 10.1. The molecule has 3 atom stereocenters. The minimum absolute atomic E-state index is 0.000553. The summed E-state index contributed by atoms with van der Waals surface area (Å²) in [4.78, 5) is 26.4. The van der Waals surface area contributed by atoms with E-state index in [2.05, 4.69) is 12.2 Å². The van der Waals surface area contributed by atoms with Crippen LogP contribution >= 0.6 is 0 Å². The van der Waals surface area contributed by atoms with Crippen molar-refractivity contribution in [1.82, 2.24) is 10.2 Å². The first-order chi connectivity index (χ1) is 8.43. The molecule has 4 nitrogen and oxygen atoms in total. The molecule has 104 valence electrons. The lowest BCUT2D eigenvalue weighted by molar-refractivity contribution is -0.154. The number of carbonyl (C=O) groups excluding carboxylic acids is 2. The molecule has 0 saturated carbocycles. The van der Waals surface area contributed by atoms with Crippen LogP contribution in [0.25, 0.3) is 0 Å². The van der Waals surface area contributed by atoms with Crippen molar-refractivity contribution in [1.29, 1.82) is 0 Å². The van der Waals surface area contributed by atoms with Crippen LogP contribution in [0.3, 0.4) is 0 Å². The number of carbonyl (C=O) groups is 2. The molecule has 0 aromatic heterocycles. The van der Waals surface area contributed by atoms with E-state index < -0.39 is 0 Å². The summed E-state index contributed by atoms with van der Waals surface area (Å²) in [6, 6.07) is -0.524. The Kier molecular flexibility index (Phi) is 5.17. The van der Waals surface area contributed by atoms with E-state index in [0.717, 1.165) is 12.8 Å². The molecule has 1 heterocycles. The summed E-state index contributed by atoms with van der Waals surface area (Å²) >= 11 is 0. The van der Waals surface area contributed by atoms with E-state index in [1.807, 2.05) is 32.6 Å². The zero-order valence-electron chi connectivity index (χ0n) is 12.2. The fourth-order valence-electron chi connectivity index (χ4n) is 2.71. The SMILES string of the molecule is CCCC(C)N1C(=O)C(CC)NC(=O)C1C(C)C. The Morgan fingerprint density at radius 2 is 1.83 bits per heavy atom. The van der Waals surface area contributed by atoms with Crippen LogP contribution in [0.2, 0.25) is 0 Å². The summed E-state index contributed by atoms with van der Waals surface area (Å²) in [6.07, 6.45) is 2.62. The molecule has 0 aromatic carbocycles. The van der Waals surface area contributed by atoms with Crippen LogP contribution in [0.1, 0.15) is 53.9 Å². The highest BCUT2D eigenvalue weighted by atomic mass is 16.2. The van der Waals surface area contributed by atoms with Crippen molar-refractivity contribution in [2.75, 3.05) is 0 Å². The van der Waals surface area contributed by atoms with E-state index in [9.17, 15) is 9.59 Å². The van der Waals surface area contributed by atoms with Crippen molar-refractivity contribution < 1.29 is 9.59 Å². The van der Waals surface area contributed by atoms with Crippen molar-refractivity contribution >= 4 is 11.8 Å². The number of rotatable bonds is 5. The van der Waals surface area contributed by atoms with E-state index in [0.29, 0.717) is 6.42 Å². The third-order valence-corrected chi connectivity index (χ3v) is 3.66. The zero-order valence-corrected chi connectivity index (χ0v) is 12.2. The lowest BCUT2D eigenvalue weighted by Crippen LogP contribution is -2.66. The molecule has 4 heteroatoms. The van der Waals surface area contributed by atoms with Crippen molar-refractivity contribution in [3.8, 4) is 0 Å². The van der Waals surface area contributed by atoms with Gasteiger partial charge in [-0.15, -0.1) is 0 Å². The van der Waals surface area contributed by atoms with E-state index in [1.165, 1.54) is 0 Å². The Bertz CT molecular complexity index is 315. The van der Waals surface area contributed by atoms with Gasteiger partial charge in [-0.1, -0.05) is 34.1 Å². The highest BCUT2D eigenvalue weighted by Crippen LogP contribution is 2.23. The molecular formula is C14H26N2O2. The van der Waals surface area contributed by atoms with Crippen LogP contribution in [-0.2, 0) is 9.59 Å². The van der Waals surface area contributed by atoms with Gasteiger partial charge in [0.25, 0.3) is 0 Å². The average Bonchev–Trinajstić information content (AvgIpc) is 2.30. The second kappa shape index (κ2) is 6.21. The number of amides is 2. The monoisotopic (exact) mass is 254 g/mol. The van der Waals surface area contributed by atoms with Gasteiger partial charge in [-0.3, -0.25) is 9.59 Å². The van der Waals surface area contributed by atoms with Crippen molar-refractivity contribution in [3.05, 3.63) is 0 Å². The van der Waals surface area contributed by atoms with Gasteiger partial charge in [-0.05, 0) is 25.7 Å². The first-order valence-electron chi connectivity index (χ1n) is 7.06. The maximum absolute atomic E-state index is 12.4. The third kappa shape index (κ3) is 2.85. The first kappa shape index (κ1) is 15.0. The molecule has 18 heavy (non-hydrogen) atoms. The average molecular weight is 254 g/mol. The van der Waals surface area contributed by atoms with Gasteiger partial charge in [-0.25, -0.2) is 0 Å². The first-order valence-corrected chi connectivity index (χ1v) is 7.06. The van der Waals surface area contributed by atoms with Gasteiger partial charge in [0, 0.05) is 6.04 Å². The summed E-state index contributed by atoms with van der Waals surface area (Å²) in [7, 11) is 0.